The van der Waals surface area contributed by atoms with E-state index in [0.717, 1.165) is 0 Å². The van der Waals surface area contributed by atoms with E-state index in [9.17, 15) is 0 Å². The van der Waals surface area contributed by atoms with E-state index in [2.05, 4.69) is 54.6 Å². The Balaban J connectivity index is 2.31. The van der Waals surface area contributed by atoms with E-state index in [4.69, 9.17) is 0 Å². The van der Waals surface area contributed by atoms with Crippen LogP contribution in [0.4, 0.5) is 0 Å². The smallest absolute Gasteiger partial charge is 0.00137 e. The first-order valence-electron chi connectivity index (χ1n) is 5.40. The molecule has 2 radical (unpaired) electrons. The SMILES string of the molecule is [c]1c[c]c2cccc3c2c1-c1ccccc1-3. The van der Waals surface area contributed by atoms with Gasteiger partial charge in [-0.1, -0.05) is 42.5 Å². The average Bonchev–Trinajstić information content (AvgIpc) is 2.68. The molecule has 3 aromatic carbocycles. The lowest BCUT2D eigenvalue weighted by Crippen LogP contribution is -1.74. The Labute approximate surface area is 94.2 Å². The molecule has 0 aromatic heterocycles. The van der Waals surface area contributed by atoms with Gasteiger partial charge in [0.15, 0.2) is 0 Å². The van der Waals surface area contributed by atoms with Gasteiger partial charge in [0, 0.05) is 0 Å². The van der Waals surface area contributed by atoms with Crippen LogP contribution in [0.1, 0.15) is 0 Å². The molecule has 0 saturated heterocycles. The summed E-state index contributed by atoms with van der Waals surface area (Å²) in [7, 11) is 0. The Morgan fingerprint density at radius 3 is 2.44 bits per heavy atom. The van der Waals surface area contributed by atoms with Crippen molar-refractivity contribution < 1.29 is 0 Å². The molecule has 4 rings (SSSR count). The second-order valence-corrected chi connectivity index (χ2v) is 4.08. The van der Waals surface area contributed by atoms with Crippen LogP contribution in [0, 0.1) is 12.1 Å². The fraction of sp³-hybridized carbons (Fsp3) is 0. The van der Waals surface area contributed by atoms with Crippen LogP contribution in [0.25, 0.3) is 33.0 Å². The van der Waals surface area contributed by atoms with Crippen LogP contribution in [0.15, 0.2) is 48.5 Å². The number of fused-ring (bicyclic) bond motifs is 3. The number of benzene rings is 3. The Bertz CT molecular complexity index is 650. The number of hydrogen-bond acceptors (Lipinski definition) is 0. The minimum Gasteiger partial charge on any atom is -0.0616 e. The van der Waals surface area contributed by atoms with Gasteiger partial charge >= 0.3 is 0 Å². The summed E-state index contributed by atoms with van der Waals surface area (Å²) in [6.07, 6.45) is 0. The average molecular weight is 200 g/mol. The van der Waals surface area contributed by atoms with Gasteiger partial charge in [0.1, 0.15) is 0 Å². The molecule has 0 spiro atoms. The van der Waals surface area contributed by atoms with Crippen molar-refractivity contribution in [2.75, 3.05) is 0 Å². The van der Waals surface area contributed by atoms with Crippen molar-refractivity contribution in [3.8, 4) is 22.3 Å². The van der Waals surface area contributed by atoms with E-state index in [1.807, 2.05) is 6.07 Å². The number of hydrogen-bond donors (Lipinski definition) is 0. The summed E-state index contributed by atoms with van der Waals surface area (Å²) in [4.78, 5) is 0. The third kappa shape index (κ3) is 0.849. The Hall–Kier alpha value is -2.08. The lowest BCUT2D eigenvalue weighted by molar-refractivity contribution is 1.69. The molecule has 1 aliphatic rings. The zero-order valence-corrected chi connectivity index (χ0v) is 8.62. The third-order valence-electron chi connectivity index (χ3n) is 3.25. The van der Waals surface area contributed by atoms with Crippen LogP contribution in [-0.2, 0) is 0 Å². The van der Waals surface area contributed by atoms with Crippen molar-refractivity contribution in [1.29, 1.82) is 0 Å². The topological polar surface area (TPSA) is 0 Å². The zero-order chi connectivity index (χ0) is 10.5. The van der Waals surface area contributed by atoms with Gasteiger partial charge in [0.2, 0.25) is 0 Å². The van der Waals surface area contributed by atoms with Gasteiger partial charge in [-0.05, 0) is 51.2 Å². The quantitative estimate of drug-likeness (QED) is 0.401. The lowest BCUT2D eigenvalue weighted by Gasteiger charge is -1.99. The molecule has 0 saturated carbocycles. The standard InChI is InChI=1S/C16H8/c1-2-8-13-12(7-1)14-9-3-5-11-6-4-10-15(13)16(11)14/h1-5,7-9H. The molecule has 1 aliphatic carbocycles. The minimum atomic E-state index is 1.18. The molecule has 72 valence electrons. The van der Waals surface area contributed by atoms with E-state index < -0.39 is 0 Å². The normalized spacial score (nSPS) is 11.8. The van der Waals surface area contributed by atoms with E-state index in [0.29, 0.717) is 0 Å². The van der Waals surface area contributed by atoms with E-state index >= 15 is 0 Å². The van der Waals surface area contributed by atoms with Crippen LogP contribution in [0.5, 0.6) is 0 Å². The Kier molecular flexibility index (Phi) is 1.39. The maximum absolute atomic E-state index is 3.31. The summed E-state index contributed by atoms with van der Waals surface area (Å²) in [5.41, 5.74) is 5.15. The van der Waals surface area contributed by atoms with Crippen molar-refractivity contribution >= 4 is 10.8 Å². The second kappa shape index (κ2) is 2.73. The molecule has 3 aromatic rings. The highest BCUT2D eigenvalue weighted by Gasteiger charge is 2.19. The third-order valence-corrected chi connectivity index (χ3v) is 3.25. The van der Waals surface area contributed by atoms with Crippen LogP contribution < -0.4 is 0 Å². The summed E-state index contributed by atoms with van der Waals surface area (Å²) in [6, 6.07) is 23.4. The van der Waals surface area contributed by atoms with Gasteiger partial charge in [0.25, 0.3) is 0 Å². The molecule has 0 aliphatic heterocycles. The predicted molar refractivity (Wildman–Crippen MR) is 66.1 cm³/mol. The maximum Gasteiger partial charge on any atom is -0.00137 e. The molecule has 0 unspecified atom stereocenters. The van der Waals surface area contributed by atoms with Crippen molar-refractivity contribution in [2.45, 2.75) is 0 Å². The molecule has 0 heteroatoms. The van der Waals surface area contributed by atoms with Crippen LogP contribution >= 0.6 is 0 Å². The molecule has 0 nitrogen and oxygen atoms in total. The fourth-order valence-corrected chi connectivity index (χ4v) is 2.57. The molecular weight excluding hydrogens is 192 g/mol. The molecule has 0 atom stereocenters. The van der Waals surface area contributed by atoms with E-state index in [1.54, 1.807) is 0 Å². The molecule has 0 amide bonds. The van der Waals surface area contributed by atoms with Crippen LogP contribution in [-0.4, -0.2) is 0 Å². The van der Waals surface area contributed by atoms with Gasteiger partial charge < -0.3 is 0 Å². The summed E-state index contributed by atoms with van der Waals surface area (Å²) < 4.78 is 0. The van der Waals surface area contributed by atoms with Crippen molar-refractivity contribution in [3.05, 3.63) is 60.7 Å². The Morgan fingerprint density at radius 2 is 1.50 bits per heavy atom. The lowest BCUT2D eigenvalue weighted by atomic mass is 10.0. The summed E-state index contributed by atoms with van der Waals surface area (Å²) in [6.45, 7) is 0. The van der Waals surface area contributed by atoms with Gasteiger partial charge in [-0.3, -0.25) is 0 Å². The van der Waals surface area contributed by atoms with Crippen molar-refractivity contribution in [3.63, 3.8) is 0 Å². The van der Waals surface area contributed by atoms with Crippen molar-refractivity contribution in [2.24, 2.45) is 0 Å². The van der Waals surface area contributed by atoms with Gasteiger partial charge in [0.05, 0.1) is 0 Å². The molecule has 0 N–H and O–H groups in total. The first kappa shape index (κ1) is 8.12. The minimum absolute atomic E-state index is 1.18. The Morgan fingerprint density at radius 1 is 0.688 bits per heavy atom. The van der Waals surface area contributed by atoms with Gasteiger partial charge in [-0.25, -0.2) is 0 Å². The van der Waals surface area contributed by atoms with Crippen LogP contribution in [0.2, 0.25) is 0 Å². The first-order valence-corrected chi connectivity index (χ1v) is 5.40. The molecule has 0 bridgehead atoms. The predicted octanol–water partition coefficient (Wildman–Crippen LogP) is 4.09. The summed E-state index contributed by atoms with van der Waals surface area (Å²) in [5.74, 6) is 0. The van der Waals surface area contributed by atoms with E-state index in [-0.39, 0.29) is 0 Å². The highest BCUT2D eigenvalue weighted by atomic mass is 14.2. The number of rotatable bonds is 0. The summed E-state index contributed by atoms with van der Waals surface area (Å²) in [5, 5.41) is 2.48. The van der Waals surface area contributed by atoms with Crippen molar-refractivity contribution in [1.82, 2.24) is 0 Å². The molecule has 16 heavy (non-hydrogen) atoms. The molecule has 0 heterocycles. The van der Waals surface area contributed by atoms with Crippen LogP contribution in [0.3, 0.4) is 0 Å². The first-order chi connectivity index (χ1) is 7.95. The highest BCUT2D eigenvalue weighted by Crippen LogP contribution is 2.46. The monoisotopic (exact) mass is 200 g/mol. The fourth-order valence-electron chi connectivity index (χ4n) is 2.57. The van der Waals surface area contributed by atoms with Gasteiger partial charge in [-0.2, -0.15) is 0 Å². The largest absolute Gasteiger partial charge is 0.0616 e. The molecular formula is C16H8. The molecule has 0 fully saturated rings. The summed E-state index contributed by atoms with van der Waals surface area (Å²) >= 11 is 0. The van der Waals surface area contributed by atoms with E-state index in [1.165, 1.54) is 33.0 Å². The zero-order valence-electron chi connectivity index (χ0n) is 8.62. The second-order valence-electron chi connectivity index (χ2n) is 4.08. The maximum atomic E-state index is 3.31. The van der Waals surface area contributed by atoms with Gasteiger partial charge in [-0.15, -0.1) is 0 Å². The highest BCUT2D eigenvalue weighted by molar-refractivity contribution is 6.14.